The van der Waals surface area contributed by atoms with Gasteiger partial charge in [-0.1, -0.05) is 12.1 Å². The Balaban J connectivity index is 2.33. The first-order valence-electron chi connectivity index (χ1n) is 6.25. The molecule has 0 saturated carbocycles. The fourth-order valence-electron chi connectivity index (χ4n) is 2.05. The number of anilines is 2. The molecule has 0 aliphatic carbocycles. The molecule has 3 N–H and O–H groups in total. The fourth-order valence-corrected chi connectivity index (χ4v) is 2.61. The lowest BCUT2D eigenvalue weighted by Gasteiger charge is -2.09. The number of benzene rings is 2. The summed E-state index contributed by atoms with van der Waals surface area (Å²) >= 11 is 0. The van der Waals surface area contributed by atoms with E-state index >= 15 is 0 Å². The molecule has 2 rings (SSSR count). The molecule has 0 atom stereocenters. The largest absolute Gasteiger partial charge is 0.398 e. The lowest BCUT2D eigenvalue weighted by molar-refractivity contribution is 0.103. The number of aryl methyl sites for hydroxylation is 1. The van der Waals surface area contributed by atoms with Crippen LogP contribution in [-0.2, 0) is 10.0 Å². The van der Waals surface area contributed by atoms with Gasteiger partial charge < -0.3 is 5.73 Å². The van der Waals surface area contributed by atoms with Crippen LogP contribution in [0.3, 0.4) is 0 Å². The summed E-state index contributed by atoms with van der Waals surface area (Å²) in [4.78, 5) is 12.5. The van der Waals surface area contributed by atoms with Crippen LogP contribution >= 0.6 is 0 Å². The van der Waals surface area contributed by atoms with Gasteiger partial charge in [0.15, 0.2) is 5.78 Å². The second-order valence-electron chi connectivity index (χ2n) is 4.82. The topological polar surface area (TPSA) is 89.3 Å². The van der Waals surface area contributed by atoms with Crippen LogP contribution in [0.4, 0.5) is 11.4 Å². The number of nitrogens with two attached hydrogens (primary N) is 1. The van der Waals surface area contributed by atoms with E-state index < -0.39 is 10.0 Å². The Kier molecular flexibility index (Phi) is 3.99. The van der Waals surface area contributed by atoms with Crippen molar-refractivity contribution in [2.75, 3.05) is 16.7 Å². The SMILES string of the molecule is Cc1cccc(N)c1C(=O)c1ccc(NS(C)(=O)=O)cc1. The Morgan fingerprint density at radius 2 is 1.71 bits per heavy atom. The van der Waals surface area contributed by atoms with Crippen LogP contribution < -0.4 is 10.5 Å². The number of ketones is 1. The summed E-state index contributed by atoms with van der Waals surface area (Å²) < 4.78 is 24.6. The minimum absolute atomic E-state index is 0.184. The van der Waals surface area contributed by atoms with Gasteiger partial charge in [-0.3, -0.25) is 9.52 Å². The highest BCUT2D eigenvalue weighted by atomic mass is 32.2. The predicted molar refractivity (Wildman–Crippen MR) is 83.9 cm³/mol. The van der Waals surface area contributed by atoms with Crippen molar-refractivity contribution in [1.29, 1.82) is 0 Å². The molecule has 0 amide bonds. The first-order valence-corrected chi connectivity index (χ1v) is 8.15. The maximum atomic E-state index is 12.5. The van der Waals surface area contributed by atoms with Gasteiger partial charge in [0.1, 0.15) is 0 Å². The third-order valence-corrected chi connectivity index (χ3v) is 3.59. The number of nitrogens with one attached hydrogen (secondary N) is 1. The summed E-state index contributed by atoms with van der Waals surface area (Å²) in [6.45, 7) is 1.82. The Morgan fingerprint density at radius 3 is 2.24 bits per heavy atom. The standard InChI is InChI=1S/C15H16N2O3S/c1-10-4-3-5-13(16)14(10)15(18)11-6-8-12(9-7-11)17-21(2,19)20/h3-9,17H,16H2,1-2H3. The van der Waals surface area contributed by atoms with Crippen LogP contribution in [-0.4, -0.2) is 20.5 Å². The summed E-state index contributed by atoms with van der Waals surface area (Å²) in [5, 5.41) is 0. The molecule has 0 spiro atoms. The summed E-state index contributed by atoms with van der Waals surface area (Å²) in [5.41, 5.74) is 8.43. The van der Waals surface area contributed by atoms with Crippen molar-refractivity contribution in [3.05, 3.63) is 59.2 Å². The van der Waals surface area contributed by atoms with Crippen LogP contribution in [0.1, 0.15) is 21.5 Å². The molecule has 2 aromatic carbocycles. The van der Waals surface area contributed by atoms with Crippen LogP contribution in [0, 0.1) is 6.92 Å². The van der Waals surface area contributed by atoms with Gasteiger partial charge in [0.2, 0.25) is 10.0 Å². The molecule has 0 fully saturated rings. The highest BCUT2D eigenvalue weighted by Crippen LogP contribution is 2.21. The van der Waals surface area contributed by atoms with Gasteiger partial charge in [-0.05, 0) is 42.8 Å². The van der Waals surface area contributed by atoms with Crippen molar-refractivity contribution in [3.63, 3.8) is 0 Å². The van der Waals surface area contributed by atoms with Gasteiger partial charge in [-0.25, -0.2) is 8.42 Å². The number of hydrogen-bond acceptors (Lipinski definition) is 4. The van der Waals surface area contributed by atoms with E-state index in [-0.39, 0.29) is 5.78 Å². The van der Waals surface area contributed by atoms with Crippen molar-refractivity contribution in [1.82, 2.24) is 0 Å². The van der Waals surface area contributed by atoms with Crippen molar-refractivity contribution in [2.45, 2.75) is 6.92 Å². The minimum Gasteiger partial charge on any atom is -0.398 e. The van der Waals surface area contributed by atoms with Gasteiger partial charge in [0.05, 0.1) is 6.26 Å². The van der Waals surface area contributed by atoms with E-state index in [1.165, 1.54) is 0 Å². The van der Waals surface area contributed by atoms with E-state index in [4.69, 9.17) is 5.73 Å². The highest BCUT2D eigenvalue weighted by molar-refractivity contribution is 7.92. The number of nitrogen functional groups attached to an aromatic ring is 1. The number of carbonyl (C=O) groups excluding carboxylic acids is 1. The van der Waals surface area contributed by atoms with Gasteiger partial charge in [0, 0.05) is 22.5 Å². The van der Waals surface area contributed by atoms with Crippen LogP contribution in [0.2, 0.25) is 0 Å². The smallest absolute Gasteiger partial charge is 0.229 e. The Hall–Kier alpha value is -2.34. The van der Waals surface area contributed by atoms with E-state index in [1.54, 1.807) is 36.4 Å². The lowest BCUT2D eigenvalue weighted by Crippen LogP contribution is -2.10. The summed E-state index contributed by atoms with van der Waals surface area (Å²) in [6.07, 6.45) is 1.07. The van der Waals surface area contributed by atoms with Crippen molar-refractivity contribution >= 4 is 27.2 Å². The van der Waals surface area contributed by atoms with E-state index in [1.807, 2.05) is 13.0 Å². The molecule has 5 nitrogen and oxygen atoms in total. The molecule has 110 valence electrons. The second kappa shape index (κ2) is 5.57. The normalized spacial score (nSPS) is 11.1. The average molecular weight is 304 g/mol. The van der Waals surface area contributed by atoms with E-state index in [0.717, 1.165) is 11.8 Å². The van der Waals surface area contributed by atoms with Crippen LogP contribution in [0.5, 0.6) is 0 Å². The number of rotatable bonds is 4. The monoisotopic (exact) mass is 304 g/mol. The maximum Gasteiger partial charge on any atom is 0.229 e. The van der Waals surface area contributed by atoms with E-state index in [0.29, 0.717) is 22.5 Å². The van der Waals surface area contributed by atoms with Gasteiger partial charge in [0.25, 0.3) is 0 Å². The van der Waals surface area contributed by atoms with Gasteiger partial charge >= 0.3 is 0 Å². The Bertz CT molecular complexity index is 761. The number of carbonyl (C=O) groups is 1. The number of sulfonamides is 1. The third-order valence-electron chi connectivity index (χ3n) is 2.98. The molecule has 21 heavy (non-hydrogen) atoms. The first kappa shape index (κ1) is 15.1. The molecule has 0 aromatic heterocycles. The zero-order valence-corrected chi connectivity index (χ0v) is 12.6. The molecule has 2 aromatic rings. The average Bonchev–Trinajstić information content (AvgIpc) is 2.37. The lowest BCUT2D eigenvalue weighted by atomic mass is 9.97. The quantitative estimate of drug-likeness (QED) is 0.669. The van der Waals surface area contributed by atoms with Gasteiger partial charge in [-0.15, -0.1) is 0 Å². The molecular weight excluding hydrogens is 288 g/mol. The fraction of sp³-hybridized carbons (Fsp3) is 0.133. The van der Waals surface area contributed by atoms with Crippen LogP contribution in [0.25, 0.3) is 0 Å². The van der Waals surface area contributed by atoms with E-state index in [2.05, 4.69) is 4.72 Å². The molecular formula is C15H16N2O3S. The first-order chi connectivity index (χ1) is 9.78. The second-order valence-corrected chi connectivity index (χ2v) is 6.57. The van der Waals surface area contributed by atoms with Crippen molar-refractivity contribution < 1.29 is 13.2 Å². The Labute approximate surface area is 123 Å². The zero-order valence-electron chi connectivity index (χ0n) is 11.8. The van der Waals surface area contributed by atoms with Crippen LogP contribution in [0.15, 0.2) is 42.5 Å². The minimum atomic E-state index is -3.33. The molecule has 0 unspecified atom stereocenters. The molecule has 0 radical (unpaired) electrons. The highest BCUT2D eigenvalue weighted by Gasteiger charge is 2.14. The summed E-state index contributed by atoms with van der Waals surface area (Å²) in [7, 11) is -3.33. The molecule has 0 bridgehead atoms. The Morgan fingerprint density at radius 1 is 1.10 bits per heavy atom. The van der Waals surface area contributed by atoms with E-state index in [9.17, 15) is 13.2 Å². The molecule has 0 aliphatic rings. The maximum absolute atomic E-state index is 12.5. The molecule has 0 aliphatic heterocycles. The molecule has 0 saturated heterocycles. The van der Waals surface area contributed by atoms with Crippen molar-refractivity contribution in [2.24, 2.45) is 0 Å². The predicted octanol–water partition coefficient (Wildman–Crippen LogP) is 2.18. The number of hydrogen-bond donors (Lipinski definition) is 2. The molecule has 6 heteroatoms. The van der Waals surface area contributed by atoms with Crippen molar-refractivity contribution in [3.8, 4) is 0 Å². The summed E-state index contributed by atoms with van der Waals surface area (Å²) in [6, 6.07) is 11.5. The molecule has 0 heterocycles. The van der Waals surface area contributed by atoms with Gasteiger partial charge in [-0.2, -0.15) is 0 Å². The third kappa shape index (κ3) is 3.61. The zero-order chi connectivity index (χ0) is 15.6. The summed E-state index contributed by atoms with van der Waals surface area (Å²) in [5.74, 6) is -0.184.